The van der Waals surface area contributed by atoms with Crippen LogP contribution in [0, 0.1) is 0 Å². The van der Waals surface area contributed by atoms with Gasteiger partial charge >= 0.3 is 0 Å². The zero-order valence-electron chi connectivity index (χ0n) is 43.5. The Bertz CT molecular complexity index is 3820. The summed E-state index contributed by atoms with van der Waals surface area (Å²) < 4.78 is 7.84. The minimum absolute atomic E-state index is 0.00749. The van der Waals surface area contributed by atoms with Crippen LogP contribution in [0.4, 0.5) is 34.1 Å². The van der Waals surface area contributed by atoms with Gasteiger partial charge in [-0.05, 0) is 143 Å². The third-order valence-corrected chi connectivity index (χ3v) is 15.1. The number of benzene rings is 10. The first-order valence-electron chi connectivity index (χ1n) is 25.8. The fraction of sp³-hybridized carbons (Fsp3) is 0.171. The molecule has 0 N–H and O–H groups in total. The highest BCUT2D eigenvalue weighted by atomic mass is 16.3. The van der Waals surface area contributed by atoms with Gasteiger partial charge in [0.15, 0.2) is 11.2 Å². The maximum absolute atomic E-state index is 7.84. The molecule has 0 saturated heterocycles. The fourth-order valence-electron chi connectivity index (χ4n) is 11.2. The molecule has 0 saturated carbocycles. The standard InChI is InChI=1S/C70H62N2O/c1-68(2,3)46-31-37-50(38-32-46)71(49-21-11-10-12-22-49)61-29-19-28-59-65-64-60(57-27-18-16-25-55(57)54-24-15-17-26-56(54)58-43-30-45-20-13-14-23-53(45)63(58)64)44-62(67(65)73-66(59)61)72(51-39-33-47(34-40-51)69(4,5)6)52-41-35-48(36-42-52)70(7,8)9/h10-44H,1-9H3. The van der Waals surface area contributed by atoms with E-state index in [1.807, 2.05) is 0 Å². The van der Waals surface area contributed by atoms with Crippen molar-refractivity contribution in [3.8, 4) is 44.5 Å². The van der Waals surface area contributed by atoms with E-state index in [0.717, 1.165) is 67.2 Å². The monoisotopic (exact) mass is 946 g/mol. The molecule has 0 fully saturated rings. The quantitative estimate of drug-likeness (QED) is 0.166. The summed E-state index contributed by atoms with van der Waals surface area (Å²) in [6, 6.07) is 78.8. The summed E-state index contributed by atoms with van der Waals surface area (Å²) in [6.45, 7) is 20.5. The summed E-state index contributed by atoms with van der Waals surface area (Å²) in [5.41, 5.74) is 21.1. The zero-order chi connectivity index (χ0) is 50.4. The summed E-state index contributed by atoms with van der Waals surface area (Å²) in [5, 5.41) is 4.52. The van der Waals surface area contributed by atoms with Crippen molar-refractivity contribution in [1.82, 2.24) is 0 Å². The molecule has 10 aromatic carbocycles. The van der Waals surface area contributed by atoms with Gasteiger partial charge < -0.3 is 14.2 Å². The van der Waals surface area contributed by atoms with E-state index in [0.29, 0.717) is 0 Å². The van der Waals surface area contributed by atoms with Crippen molar-refractivity contribution in [3.63, 3.8) is 0 Å². The zero-order valence-corrected chi connectivity index (χ0v) is 43.5. The predicted molar refractivity (Wildman–Crippen MR) is 312 cm³/mol. The number of para-hydroxylation sites is 2. The predicted octanol–water partition coefficient (Wildman–Crippen LogP) is 20.6. The molecular weight excluding hydrogens is 885 g/mol. The van der Waals surface area contributed by atoms with E-state index >= 15 is 0 Å². The molecule has 12 rings (SSSR count). The van der Waals surface area contributed by atoms with E-state index in [1.54, 1.807) is 0 Å². The molecular formula is C70H62N2O. The minimum Gasteiger partial charge on any atom is -0.452 e. The number of nitrogens with zero attached hydrogens (tertiary/aromatic N) is 2. The molecule has 0 radical (unpaired) electrons. The molecule has 1 aromatic heterocycles. The van der Waals surface area contributed by atoms with Crippen molar-refractivity contribution in [1.29, 1.82) is 0 Å². The first-order chi connectivity index (χ1) is 35.1. The number of rotatable bonds is 6. The maximum Gasteiger partial charge on any atom is 0.160 e. The molecule has 0 aliphatic heterocycles. The molecule has 1 aliphatic carbocycles. The molecule has 0 amide bonds. The molecule has 0 bridgehead atoms. The van der Waals surface area contributed by atoms with Crippen LogP contribution < -0.4 is 9.80 Å². The van der Waals surface area contributed by atoms with Crippen LogP contribution in [0.5, 0.6) is 0 Å². The van der Waals surface area contributed by atoms with E-state index in [1.165, 1.54) is 60.8 Å². The van der Waals surface area contributed by atoms with Crippen LogP contribution in [-0.2, 0) is 16.2 Å². The van der Waals surface area contributed by atoms with Gasteiger partial charge in [-0.2, -0.15) is 0 Å². The highest BCUT2D eigenvalue weighted by Crippen LogP contribution is 2.57. The third kappa shape index (κ3) is 7.90. The maximum atomic E-state index is 7.84. The van der Waals surface area contributed by atoms with Crippen LogP contribution in [-0.4, -0.2) is 0 Å². The minimum atomic E-state index is -0.0173. The molecule has 1 heterocycles. The van der Waals surface area contributed by atoms with Crippen LogP contribution in [0.3, 0.4) is 0 Å². The number of furan rings is 1. The van der Waals surface area contributed by atoms with Crippen LogP contribution in [0.1, 0.15) is 79.0 Å². The lowest BCUT2D eigenvalue weighted by molar-refractivity contribution is 0.590. The summed E-state index contributed by atoms with van der Waals surface area (Å²) in [4.78, 5) is 4.80. The van der Waals surface area contributed by atoms with Crippen LogP contribution in [0.25, 0.3) is 77.2 Å². The Morgan fingerprint density at radius 3 is 1.25 bits per heavy atom. The van der Waals surface area contributed by atoms with Gasteiger partial charge in [-0.15, -0.1) is 0 Å². The van der Waals surface area contributed by atoms with Crippen molar-refractivity contribution < 1.29 is 4.42 Å². The molecule has 0 unspecified atom stereocenters. The fourth-order valence-corrected chi connectivity index (χ4v) is 11.2. The van der Waals surface area contributed by atoms with Gasteiger partial charge in [-0.25, -0.2) is 0 Å². The number of hydrogen-bond donors (Lipinski definition) is 0. The smallest absolute Gasteiger partial charge is 0.160 e. The SMILES string of the molecule is CC(C)(C)c1ccc(N(c2ccccc2)c2cccc3c2oc2c(N(c4ccc(C(C)(C)C)cc4)c4ccc(C(C)(C)C)cc4)cc4c(c23)-c2c(ccc3ccccc23)-c2ccccc2-c2ccccc2-4)cc1. The number of hydrogen-bond acceptors (Lipinski definition) is 3. The van der Waals surface area contributed by atoms with Gasteiger partial charge in [0.1, 0.15) is 0 Å². The normalized spacial score (nSPS) is 12.5. The third-order valence-electron chi connectivity index (χ3n) is 15.1. The topological polar surface area (TPSA) is 19.6 Å². The molecule has 0 spiro atoms. The second-order valence-electron chi connectivity index (χ2n) is 23.0. The summed E-state index contributed by atoms with van der Waals surface area (Å²) in [6.07, 6.45) is 0. The first kappa shape index (κ1) is 46.0. The Hall–Kier alpha value is -8.14. The average molecular weight is 947 g/mol. The lowest BCUT2D eigenvalue weighted by Crippen LogP contribution is -2.15. The summed E-state index contributed by atoms with van der Waals surface area (Å²) in [5.74, 6) is 0. The summed E-state index contributed by atoms with van der Waals surface area (Å²) in [7, 11) is 0. The van der Waals surface area contributed by atoms with E-state index in [-0.39, 0.29) is 16.2 Å². The van der Waals surface area contributed by atoms with Gasteiger partial charge in [0.05, 0.1) is 11.4 Å². The van der Waals surface area contributed by atoms with Gasteiger partial charge in [0.2, 0.25) is 0 Å². The average Bonchev–Trinajstić information content (AvgIpc) is 3.79. The molecule has 3 nitrogen and oxygen atoms in total. The van der Waals surface area contributed by atoms with Gasteiger partial charge in [-0.1, -0.05) is 214 Å². The van der Waals surface area contributed by atoms with Gasteiger partial charge in [0.25, 0.3) is 0 Å². The Kier molecular flexibility index (Phi) is 10.9. The highest BCUT2D eigenvalue weighted by Gasteiger charge is 2.32. The lowest BCUT2D eigenvalue weighted by atomic mass is 9.77. The molecule has 73 heavy (non-hydrogen) atoms. The second-order valence-corrected chi connectivity index (χ2v) is 23.0. The van der Waals surface area contributed by atoms with Crippen molar-refractivity contribution in [2.75, 3.05) is 9.80 Å². The largest absolute Gasteiger partial charge is 0.452 e. The molecule has 11 aromatic rings. The highest BCUT2D eigenvalue weighted by molar-refractivity contribution is 6.27. The Labute approximate surface area is 431 Å². The van der Waals surface area contributed by atoms with Gasteiger partial charge in [-0.3, -0.25) is 0 Å². The summed E-state index contributed by atoms with van der Waals surface area (Å²) >= 11 is 0. The van der Waals surface area contributed by atoms with E-state index in [9.17, 15) is 0 Å². The van der Waals surface area contributed by atoms with Gasteiger partial charge in [0, 0.05) is 39.1 Å². The molecule has 1 aliphatic rings. The number of anilines is 6. The van der Waals surface area contributed by atoms with Crippen LogP contribution >= 0.6 is 0 Å². The van der Waals surface area contributed by atoms with Crippen molar-refractivity contribution in [2.45, 2.75) is 78.6 Å². The van der Waals surface area contributed by atoms with E-state index in [2.05, 4.69) is 284 Å². The molecule has 358 valence electrons. The first-order valence-corrected chi connectivity index (χ1v) is 25.8. The second kappa shape index (κ2) is 17.3. The van der Waals surface area contributed by atoms with Crippen LogP contribution in [0.15, 0.2) is 217 Å². The molecule has 0 atom stereocenters. The van der Waals surface area contributed by atoms with Crippen molar-refractivity contribution in [3.05, 3.63) is 229 Å². The van der Waals surface area contributed by atoms with Crippen LogP contribution in [0.2, 0.25) is 0 Å². The lowest BCUT2D eigenvalue weighted by Gasteiger charge is -2.30. The molecule has 3 heteroatoms. The Morgan fingerprint density at radius 2 is 0.726 bits per heavy atom. The van der Waals surface area contributed by atoms with E-state index < -0.39 is 0 Å². The Morgan fingerprint density at radius 1 is 0.301 bits per heavy atom. The van der Waals surface area contributed by atoms with Crippen molar-refractivity contribution in [2.24, 2.45) is 0 Å². The Balaban J connectivity index is 1.27. The van der Waals surface area contributed by atoms with Crippen molar-refractivity contribution >= 4 is 66.8 Å². The van der Waals surface area contributed by atoms with E-state index in [4.69, 9.17) is 4.42 Å². The number of fused-ring (bicyclic) bond motifs is 14.